The van der Waals surface area contributed by atoms with Gasteiger partial charge in [0.25, 0.3) is 5.91 Å². The fraction of sp³-hybridized carbons (Fsp3) is 0.227. The van der Waals surface area contributed by atoms with Gasteiger partial charge in [0.05, 0.1) is 0 Å². The molecule has 0 saturated heterocycles. The zero-order chi connectivity index (χ0) is 20.2. The molecule has 1 amide bonds. The summed E-state index contributed by atoms with van der Waals surface area (Å²) < 4.78 is 10.7. The van der Waals surface area contributed by atoms with Crippen LogP contribution in [0, 0.1) is 6.92 Å². The van der Waals surface area contributed by atoms with E-state index < -0.39 is 0 Å². The molecule has 0 atom stereocenters. The summed E-state index contributed by atoms with van der Waals surface area (Å²) in [5.41, 5.74) is 3.39. The largest absolute Gasteiger partial charge is 0.454 e. The van der Waals surface area contributed by atoms with Gasteiger partial charge in [-0.15, -0.1) is 0 Å². The van der Waals surface area contributed by atoms with Crippen molar-refractivity contribution < 1.29 is 14.3 Å². The number of carbonyl (C=O) groups excluding carboxylic acids is 1. The highest BCUT2D eigenvalue weighted by molar-refractivity contribution is 5.92. The number of hydrogen-bond donors (Lipinski definition) is 1. The summed E-state index contributed by atoms with van der Waals surface area (Å²) in [6.45, 7) is 5.34. The van der Waals surface area contributed by atoms with E-state index in [2.05, 4.69) is 21.4 Å². The Morgan fingerprint density at radius 1 is 1.14 bits per heavy atom. The van der Waals surface area contributed by atoms with E-state index in [0.29, 0.717) is 30.5 Å². The third kappa shape index (κ3) is 4.13. The molecule has 0 aliphatic carbocycles. The number of amides is 1. The second-order valence-corrected chi connectivity index (χ2v) is 6.70. The number of aryl methyl sites for hydroxylation is 1. The van der Waals surface area contributed by atoms with Crippen LogP contribution in [0.2, 0.25) is 0 Å². The number of benzene rings is 2. The molecule has 3 aromatic rings. The smallest absolute Gasteiger partial charge is 0.270 e. The summed E-state index contributed by atoms with van der Waals surface area (Å²) in [7, 11) is 0. The van der Waals surface area contributed by atoms with Crippen LogP contribution in [0.3, 0.4) is 0 Å². The average molecular weight is 390 g/mol. The lowest BCUT2D eigenvalue weighted by molar-refractivity contribution is 0.0945. The van der Waals surface area contributed by atoms with Gasteiger partial charge in [-0.1, -0.05) is 18.2 Å². The van der Waals surface area contributed by atoms with Crippen LogP contribution in [-0.4, -0.2) is 29.2 Å². The van der Waals surface area contributed by atoms with E-state index in [0.717, 1.165) is 22.6 Å². The van der Waals surface area contributed by atoms with Crippen molar-refractivity contribution in [2.24, 2.45) is 0 Å². The first-order valence-corrected chi connectivity index (χ1v) is 9.48. The Morgan fingerprint density at radius 2 is 2.00 bits per heavy atom. The van der Waals surface area contributed by atoms with Crippen LogP contribution in [0.4, 0.5) is 11.6 Å². The number of ether oxygens (including phenoxy) is 2. The molecule has 0 bridgehead atoms. The van der Waals surface area contributed by atoms with Crippen molar-refractivity contribution in [3.8, 4) is 11.5 Å². The van der Waals surface area contributed by atoms with Crippen LogP contribution in [-0.2, 0) is 6.54 Å². The summed E-state index contributed by atoms with van der Waals surface area (Å²) in [5, 5.41) is 2.90. The van der Waals surface area contributed by atoms with Crippen LogP contribution < -0.4 is 19.7 Å². The number of rotatable bonds is 6. The molecule has 0 saturated carbocycles. The summed E-state index contributed by atoms with van der Waals surface area (Å²) in [5.74, 6) is 1.65. The molecule has 1 aliphatic heterocycles. The van der Waals surface area contributed by atoms with Crippen molar-refractivity contribution in [2.45, 2.75) is 20.4 Å². The lowest BCUT2D eigenvalue weighted by Gasteiger charge is -2.21. The number of carbonyl (C=O) groups is 1. The third-order valence-electron chi connectivity index (χ3n) is 4.64. The molecule has 29 heavy (non-hydrogen) atoms. The SMILES string of the molecule is CCN(c1cccc(C)c1)c1nccc(C(=O)NCc2ccc3c(c2)OCO3)n1. The fourth-order valence-corrected chi connectivity index (χ4v) is 3.16. The highest BCUT2D eigenvalue weighted by Crippen LogP contribution is 2.32. The van der Waals surface area contributed by atoms with E-state index in [4.69, 9.17) is 9.47 Å². The highest BCUT2D eigenvalue weighted by Gasteiger charge is 2.16. The van der Waals surface area contributed by atoms with E-state index in [9.17, 15) is 4.79 Å². The molecular formula is C22H22N4O3. The quantitative estimate of drug-likeness (QED) is 0.693. The number of anilines is 2. The lowest BCUT2D eigenvalue weighted by Crippen LogP contribution is -2.25. The van der Waals surface area contributed by atoms with E-state index in [1.54, 1.807) is 12.3 Å². The van der Waals surface area contributed by atoms with Gasteiger partial charge in [0.1, 0.15) is 5.69 Å². The van der Waals surface area contributed by atoms with Crippen LogP contribution in [0.1, 0.15) is 28.5 Å². The standard InChI is InChI=1S/C22H22N4O3/c1-3-26(17-6-4-5-15(2)11-17)22-23-10-9-18(25-22)21(27)24-13-16-7-8-19-20(12-16)29-14-28-19/h4-12H,3,13-14H2,1-2H3,(H,24,27). The molecule has 7 heteroatoms. The molecule has 0 fully saturated rings. The third-order valence-corrected chi connectivity index (χ3v) is 4.64. The van der Waals surface area contributed by atoms with Gasteiger partial charge in [-0.3, -0.25) is 4.79 Å². The maximum absolute atomic E-state index is 12.6. The Balaban J connectivity index is 1.48. The maximum atomic E-state index is 12.6. The van der Waals surface area contributed by atoms with Crippen molar-refractivity contribution in [3.63, 3.8) is 0 Å². The normalized spacial score (nSPS) is 11.9. The first-order chi connectivity index (χ1) is 14.1. The van der Waals surface area contributed by atoms with Gasteiger partial charge in [0.15, 0.2) is 11.5 Å². The second kappa shape index (κ2) is 8.18. The summed E-state index contributed by atoms with van der Waals surface area (Å²) in [6, 6.07) is 15.3. The molecule has 0 spiro atoms. The molecule has 7 nitrogen and oxygen atoms in total. The van der Waals surface area contributed by atoms with Gasteiger partial charge < -0.3 is 19.7 Å². The van der Waals surface area contributed by atoms with Crippen molar-refractivity contribution in [3.05, 3.63) is 71.5 Å². The minimum absolute atomic E-state index is 0.226. The minimum Gasteiger partial charge on any atom is -0.454 e. The monoisotopic (exact) mass is 390 g/mol. The Bertz CT molecular complexity index is 1040. The molecule has 0 radical (unpaired) electrons. The first kappa shape index (κ1) is 18.7. The van der Waals surface area contributed by atoms with Crippen LogP contribution in [0.15, 0.2) is 54.7 Å². The molecule has 2 heterocycles. The molecule has 0 unspecified atom stereocenters. The van der Waals surface area contributed by atoms with Gasteiger partial charge in [-0.2, -0.15) is 0 Å². The molecule has 2 aromatic carbocycles. The van der Waals surface area contributed by atoms with Crippen LogP contribution in [0.5, 0.6) is 11.5 Å². The topological polar surface area (TPSA) is 76.6 Å². The van der Waals surface area contributed by atoms with Gasteiger partial charge in [0.2, 0.25) is 12.7 Å². The Labute approximate surface area is 169 Å². The predicted octanol–water partition coefficient (Wildman–Crippen LogP) is 3.60. The molecule has 4 rings (SSSR count). The first-order valence-electron chi connectivity index (χ1n) is 9.48. The zero-order valence-electron chi connectivity index (χ0n) is 16.4. The van der Waals surface area contributed by atoms with Gasteiger partial charge in [-0.25, -0.2) is 9.97 Å². The van der Waals surface area contributed by atoms with E-state index in [1.165, 1.54) is 0 Å². The van der Waals surface area contributed by atoms with Crippen LogP contribution in [0.25, 0.3) is 0 Å². The number of aromatic nitrogens is 2. The number of nitrogens with one attached hydrogen (secondary N) is 1. The maximum Gasteiger partial charge on any atom is 0.270 e. The van der Waals surface area contributed by atoms with Crippen LogP contribution >= 0.6 is 0 Å². The van der Waals surface area contributed by atoms with Gasteiger partial charge in [-0.05, 0) is 55.3 Å². The van der Waals surface area contributed by atoms with E-state index in [-0.39, 0.29) is 12.7 Å². The minimum atomic E-state index is -0.258. The zero-order valence-corrected chi connectivity index (χ0v) is 16.4. The molecule has 148 valence electrons. The molecular weight excluding hydrogens is 368 g/mol. The Morgan fingerprint density at radius 3 is 2.83 bits per heavy atom. The summed E-state index contributed by atoms with van der Waals surface area (Å²) in [6.07, 6.45) is 1.61. The second-order valence-electron chi connectivity index (χ2n) is 6.70. The van der Waals surface area contributed by atoms with Crippen molar-refractivity contribution in [2.75, 3.05) is 18.2 Å². The molecule has 1 aliphatic rings. The van der Waals surface area contributed by atoms with Crippen molar-refractivity contribution in [1.82, 2.24) is 15.3 Å². The lowest BCUT2D eigenvalue weighted by atomic mass is 10.2. The number of nitrogens with zero attached hydrogens (tertiary/aromatic N) is 3. The highest BCUT2D eigenvalue weighted by atomic mass is 16.7. The van der Waals surface area contributed by atoms with Gasteiger partial charge >= 0.3 is 0 Å². The molecule has 1 aromatic heterocycles. The molecule has 1 N–H and O–H groups in total. The van der Waals surface area contributed by atoms with Crippen molar-refractivity contribution >= 4 is 17.5 Å². The van der Waals surface area contributed by atoms with Crippen molar-refractivity contribution in [1.29, 1.82) is 0 Å². The predicted molar refractivity (Wildman–Crippen MR) is 110 cm³/mol. The van der Waals surface area contributed by atoms with E-state index in [1.807, 2.05) is 55.1 Å². The fourth-order valence-electron chi connectivity index (χ4n) is 3.16. The summed E-state index contributed by atoms with van der Waals surface area (Å²) >= 11 is 0. The van der Waals surface area contributed by atoms with E-state index >= 15 is 0 Å². The Hall–Kier alpha value is -3.61. The number of fused-ring (bicyclic) bond motifs is 1. The summed E-state index contributed by atoms with van der Waals surface area (Å²) in [4.78, 5) is 23.4. The average Bonchev–Trinajstić information content (AvgIpc) is 3.21. The Kier molecular flexibility index (Phi) is 5.29. The van der Waals surface area contributed by atoms with Gasteiger partial charge in [0, 0.05) is 25.0 Å². The number of hydrogen-bond acceptors (Lipinski definition) is 6.